The predicted molar refractivity (Wildman–Crippen MR) is 65.6 cm³/mol. The smallest absolute Gasteiger partial charge is 0.225 e. The number of amides is 1. The number of rotatable bonds is 4. The molecule has 1 aromatic rings. The molecule has 1 amide bonds. The Balaban J connectivity index is 2.04. The van der Waals surface area contributed by atoms with Crippen molar-refractivity contribution in [3.63, 3.8) is 0 Å². The first-order chi connectivity index (χ1) is 8.22. The van der Waals surface area contributed by atoms with Crippen molar-refractivity contribution in [3.05, 3.63) is 18.0 Å². The number of aromatic nitrogens is 2. The lowest BCUT2D eigenvalue weighted by molar-refractivity contribution is -0.124. The third kappa shape index (κ3) is 2.66. The summed E-state index contributed by atoms with van der Waals surface area (Å²) in [4.78, 5) is 12.0. The second kappa shape index (κ2) is 5.31. The molecule has 17 heavy (non-hydrogen) atoms. The maximum absolute atomic E-state index is 12.0. The summed E-state index contributed by atoms with van der Waals surface area (Å²) in [5.41, 5.74) is 1.15. The maximum Gasteiger partial charge on any atom is 0.225 e. The van der Waals surface area contributed by atoms with Gasteiger partial charge < -0.3 is 10.6 Å². The van der Waals surface area contributed by atoms with Crippen LogP contribution in [0.4, 0.5) is 0 Å². The number of aryl methyl sites for hydroxylation is 1. The standard InChI is InChI=1S/C12H20N4O/c1-3-4-14-12(17)11-7-13-6-10(11)9-5-15-16(2)8-9/h5,8,10-11,13H,3-4,6-7H2,1-2H3,(H,14,17)/t10-,11+/m1/s1. The molecule has 1 saturated heterocycles. The third-order valence-corrected chi connectivity index (χ3v) is 3.25. The lowest BCUT2D eigenvalue weighted by Crippen LogP contribution is -2.34. The maximum atomic E-state index is 12.0. The average molecular weight is 236 g/mol. The van der Waals surface area contributed by atoms with E-state index in [9.17, 15) is 4.79 Å². The molecule has 5 nitrogen and oxygen atoms in total. The van der Waals surface area contributed by atoms with E-state index < -0.39 is 0 Å². The van der Waals surface area contributed by atoms with Gasteiger partial charge in [0.1, 0.15) is 0 Å². The van der Waals surface area contributed by atoms with Crippen molar-refractivity contribution in [2.75, 3.05) is 19.6 Å². The monoisotopic (exact) mass is 236 g/mol. The van der Waals surface area contributed by atoms with Gasteiger partial charge >= 0.3 is 0 Å². The molecule has 2 rings (SSSR count). The SMILES string of the molecule is CCCNC(=O)[C@H]1CNC[C@@H]1c1cnn(C)c1. The van der Waals surface area contributed by atoms with Gasteiger partial charge in [0.15, 0.2) is 0 Å². The van der Waals surface area contributed by atoms with Gasteiger partial charge in [0.2, 0.25) is 5.91 Å². The lowest BCUT2D eigenvalue weighted by atomic mass is 9.90. The molecule has 94 valence electrons. The Morgan fingerprint density at radius 1 is 1.65 bits per heavy atom. The first-order valence-corrected chi connectivity index (χ1v) is 6.19. The molecule has 0 aliphatic carbocycles. The van der Waals surface area contributed by atoms with Crippen molar-refractivity contribution >= 4 is 5.91 Å². The molecule has 1 aliphatic rings. The highest BCUT2D eigenvalue weighted by Crippen LogP contribution is 2.27. The van der Waals surface area contributed by atoms with Crippen molar-refractivity contribution in [2.24, 2.45) is 13.0 Å². The van der Waals surface area contributed by atoms with Crippen LogP contribution in [0.15, 0.2) is 12.4 Å². The first-order valence-electron chi connectivity index (χ1n) is 6.19. The van der Waals surface area contributed by atoms with Crippen molar-refractivity contribution in [1.82, 2.24) is 20.4 Å². The summed E-state index contributed by atoms with van der Waals surface area (Å²) in [6.45, 7) is 4.44. The van der Waals surface area contributed by atoms with Gasteiger partial charge in [-0.1, -0.05) is 6.92 Å². The molecule has 2 N–H and O–H groups in total. The third-order valence-electron chi connectivity index (χ3n) is 3.25. The molecule has 1 fully saturated rings. The molecule has 0 saturated carbocycles. The quantitative estimate of drug-likeness (QED) is 0.788. The fourth-order valence-corrected chi connectivity index (χ4v) is 2.32. The summed E-state index contributed by atoms with van der Waals surface area (Å²) in [7, 11) is 1.90. The Bertz CT molecular complexity index is 388. The average Bonchev–Trinajstić information content (AvgIpc) is 2.93. The highest BCUT2D eigenvalue weighted by Gasteiger charge is 2.34. The Kier molecular flexibility index (Phi) is 3.78. The van der Waals surface area contributed by atoms with E-state index in [0.717, 1.165) is 31.6 Å². The normalized spacial score (nSPS) is 23.9. The number of nitrogens with zero attached hydrogens (tertiary/aromatic N) is 2. The van der Waals surface area contributed by atoms with Crippen LogP contribution in [0.2, 0.25) is 0 Å². The molecular formula is C12H20N4O. The molecule has 0 bridgehead atoms. The zero-order chi connectivity index (χ0) is 12.3. The minimum absolute atomic E-state index is 0.0331. The summed E-state index contributed by atoms with van der Waals surface area (Å²) in [6, 6.07) is 0. The fraction of sp³-hybridized carbons (Fsp3) is 0.667. The Morgan fingerprint density at radius 3 is 3.12 bits per heavy atom. The van der Waals surface area contributed by atoms with Gasteiger partial charge in [-0.3, -0.25) is 9.48 Å². The van der Waals surface area contributed by atoms with Crippen LogP contribution in [0.3, 0.4) is 0 Å². The van der Waals surface area contributed by atoms with Crippen LogP contribution in [-0.2, 0) is 11.8 Å². The number of nitrogens with one attached hydrogen (secondary N) is 2. The second-order valence-electron chi connectivity index (χ2n) is 4.61. The summed E-state index contributed by atoms with van der Waals surface area (Å²) in [5.74, 6) is 0.442. The Morgan fingerprint density at radius 2 is 2.47 bits per heavy atom. The van der Waals surface area contributed by atoms with Crippen LogP contribution in [0.5, 0.6) is 0 Å². The first kappa shape index (κ1) is 12.1. The Hall–Kier alpha value is -1.36. The molecule has 5 heteroatoms. The summed E-state index contributed by atoms with van der Waals surface area (Å²) in [6.07, 6.45) is 4.83. The molecule has 0 aromatic carbocycles. The van der Waals surface area contributed by atoms with Crippen molar-refractivity contribution < 1.29 is 4.79 Å². The van der Waals surface area contributed by atoms with E-state index in [2.05, 4.69) is 22.7 Å². The summed E-state index contributed by atoms with van der Waals surface area (Å²) >= 11 is 0. The van der Waals surface area contributed by atoms with Gasteiger partial charge in [-0.2, -0.15) is 5.10 Å². The van der Waals surface area contributed by atoms with E-state index >= 15 is 0 Å². The van der Waals surface area contributed by atoms with Crippen LogP contribution >= 0.6 is 0 Å². The summed E-state index contributed by atoms with van der Waals surface area (Å²) < 4.78 is 1.79. The predicted octanol–water partition coefficient (Wildman–Crippen LogP) is 0.249. The molecular weight excluding hydrogens is 216 g/mol. The van der Waals surface area contributed by atoms with E-state index in [1.165, 1.54) is 0 Å². The van der Waals surface area contributed by atoms with E-state index in [0.29, 0.717) is 0 Å². The van der Waals surface area contributed by atoms with Gasteiger partial charge in [-0.25, -0.2) is 0 Å². The van der Waals surface area contributed by atoms with Crippen LogP contribution < -0.4 is 10.6 Å². The molecule has 2 heterocycles. The van der Waals surface area contributed by atoms with Crippen LogP contribution in [-0.4, -0.2) is 35.3 Å². The number of carbonyl (C=O) groups is 1. The molecule has 1 aromatic heterocycles. The molecule has 0 unspecified atom stereocenters. The highest BCUT2D eigenvalue weighted by molar-refractivity contribution is 5.80. The fourth-order valence-electron chi connectivity index (χ4n) is 2.32. The topological polar surface area (TPSA) is 59.0 Å². The van der Waals surface area contributed by atoms with Gasteiger partial charge in [0.25, 0.3) is 0 Å². The zero-order valence-electron chi connectivity index (χ0n) is 10.4. The number of hydrogen-bond acceptors (Lipinski definition) is 3. The van der Waals surface area contributed by atoms with Crippen molar-refractivity contribution in [3.8, 4) is 0 Å². The van der Waals surface area contributed by atoms with E-state index in [-0.39, 0.29) is 17.7 Å². The van der Waals surface area contributed by atoms with E-state index in [1.807, 2.05) is 19.4 Å². The Labute approximate surface area is 102 Å². The van der Waals surface area contributed by atoms with Gasteiger partial charge in [0.05, 0.1) is 12.1 Å². The number of carbonyl (C=O) groups excluding carboxylic acids is 1. The second-order valence-corrected chi connectivity index (χ2v) is 4.61. The highest BCUT2D eigenvalue weighted by atomic mass is 16.1. The molecule has 2 atom stereocenters. The van der Waals surface area contributed by atoms with Crippen LogP contribution in [0, 0.1) is 5.92 Å². The minimum atomic E-state index is 0.0331. The summed E-state index contributed by atoms with van der Waals surface area (Å²) in [5, 5.41) is 10.4. The van der Waals surface area contributed by atoms with Gasteiger partial charge in [0, 0.05) is 38.8 Å². The van der Waals surface area contributed by atoms with E-state index in [4.69, 9.17) is 0 Å². The van der Waals surface area contributed by atoms with E-state index in [1.54, 1.807) is 4.68 Å². The van der Waals surface area contributed by atoms with Crippen molar-refractivity contribution in [2.45, 2.75) is 19.3 Å². The number of hydrogen-bond donors (Lipinski definition) is 2. The zero-order valence-corrected chi connectivity index (χ0v) is 10.4. The minimum Gasteiger partial charge on any atom is -0.356 e. The van der Waals surface area contributed by atoms with Crippen LogP contribution in [0.1, 0.15) is 24.8 Å². The molecule has 1 aliphatic heterocycles. The van der Waals surface area contributed by atoms with Crippen molar-refractivity contribution in [1.29, 1.82) is 0 Å². The lowest BCUT2D eigenvalue weighted by Gasteiger charge is -2.16. The molecule has 0 spiro atoms. The largest absolute Gasteiger partial charge is 0.356 e. The van der Waals surface area contributed by atoms with Gasteiger partial charge in [-0.05, 0) is 12.0 Å². The molecule has 0 radical (unpaired) electrons. The van der Waals surface area contributed by atoms with Crippen LogP contribution in [0.25, 0.3) is 0 Å². The van der Waals surface area contributed by atoms with Gasteiger partial charge in [-0.15, -0.1) is 0 Å².